The minimum atomic E-state index is -4.86. The number of halogens is 3. The van der Waals surface area contributed by atoms with Crippen molar-refractivity contribution in [1.29, 1.82) is 0 Å². The van der Waals surface area contributed by atoms with Crippen LogP contribution in [0, 0.1) is 0 Å². The molecule has 3 rings (SSSR count). The van der Waals surface area contributed by atoms with Gasteiger partial charge in [-0.1, -0.05) is 24.3 Å². The molecule has 1 heterocycles. The fraction of sp³-hybridized carbons (Fsp3) is 0.222. The number of ether oxygens (including phenoxy) is 1. The molecule has 0 saturated heterocycles. The van der Waals surface area contributed by atoms with Crippen LogP contribution in [0.1, 0.15) is 6.42 Å². The van der Waals surface area contributed by atoms with Gasteiger partial charge in [0, 0.05) is 17.9 Å². The largest absolute Gasteiger partial charge is 0.573 e. The van der Waals surface area contributed by atoms with E-state index in [2.05, 4.69) is 10.1 Å². The molecule has 1 aliphatic rings. The molecule has 5 nitrogen and oxygen atoms in total. The lowest BCUT2D eigenvalue weighted by Gasteiger charge is -2.28. The van der Waals surface area contributed by atoms with E-state index in [-0.39, 0.29) is 30.3 Å². The van der Waals surface area contributed by atoms with Crippen LogP contribution in [-0.2, 0) is 9.59 Å². The quantitative estimate of drug-likeness (QED) is 0.828. The van der Waals surface area contributed by atoms with Crippen molar-refractivity contribution in [2.24, 2.45) is 0 Å². The van der Waals surface area contributed by atoms with Crippen molar-refractivity contribution >= 4 is 35.0 Å². The number of alkyl halides is 3. The zero-order valence-corrected chi connectivity index (χ0v) is 14.8. The Bertz CT molecular complexity index is 858. The molecule has 0 aliphatic carbocycles. The zero-order chi connectivity index (χ0) is 19.4. The Morgan fingerprint density at radius 2 is 1.85 bits per heavy atom. The van der Waals surface area contributed by atoms with Gasteiger partial charge in [0.25, 0.3) is 0 Å². The number of carbonyl (C=O) groups excluding carboxylic acids is 2. The van der Waals surface area contributed by atoms with Gasteiger partial charge in [-0.3, -0.25) is 9.59 Å². The highest BCUT2D eigenvalue weighted by atomic mass is 32.2. The fourth-order valence-corrected chi connectivity index (χ4v) is 3.54. The van der Waals surface area contributed by atoms with E-state index in [1.165, 1.54) is 34.9 Å². The van der Waals surface area contributed by atoms with E-state index in [0.717, 1.165) is 16.6 Å². The van der Waals surface area contributed by atoms with E-state index >= 15 is 0 Å². The summed E-state index contributed by atoms with van der Waals surface area (Å²) in [6.45, 7) is 0.129. The van der Waals surface area contributed by atoms with Crippen molar-refractivity contribution in [3.8, 4) is 5.75 Å². The number of carbonyl (C=O) groups is 2. The van der Waals surface area contributed by atoms with E-state index in [1.807, 2.05) is 12.1 Å². The molecule has 2 amide bonds. The smallest absolute Gasteiger partial charge is 0.404 e. The Morgan fingerprint density at radius 1 is 1.15 bits per heavy atom. The Morgan fingerprint density at radius 3 is 2.63 bits per heavy atom. The number of thioether (sulfide) groups is 1. The maximum absolute atomic E-state index is 12.5. The van der Waals surface area contributed by atoms with Gasteiger partial charge in [-0.2, -0.15) is 0 Å². The van der Waals surface area contributed by atoms with Crippen LogP contribution in [0.5, 0.6) is 5.75 Å². The van der Waals surface area contributed by atoms with Crippen LogP contribution in [-0.4, -0.2) is 30.5 Å². The molecule has 0 aromatic heterocycles. The second-order valence-corrected chi connectivity index (χ2v) is 6.66. The maximum atomic E-state index is 12.5. The highest BCUT2D eigenvalue weighted by Crippen LogP contribution is 2.35. The van der Waals surface area contributed by atoms with Crippen LogP contribution < -0.4 is 15.0 Å². The molecule has 0 unspecified atom stereocenters. The Hall–Kier alpha value is -2.68. The molecular weight excluding hydrogens is 381 g/mol. The summed E-state index contributed by atoms with van der Waals surface area (Å²) in [5, 5.41) is 2.40. The molecule has 0 saturated carbocycles. The van der Waals surface area contributed by atoms with Crippen LogP contribution in [0.2, 0.25) is 0 Å². The standard InChI is InChI=1S/C18H15F3N2O3S/c19-18(20,21)26-14-7-3-1-5-12(14)22-16(24)9-10-23-13-6-2-4-8-15(13)27-11-17(23)25/h1-8H,9-11H2,(H,22,24). The zero-order valence-electron chi connectivity index (χ0n) is 14.0. The number of anilines is 2. The molecule has 27 heavy (non-hydrogen) atoms. The monoisotopic (exact) mass is 396 g/mol. The number of nitrogens with zero attached hydrogens (tertiary/aromatic N) is 1. The van der Waals surface area contributed by atoms with Gasteiger partial charge in [-0.25, -0.2) is 0 Å². The average Bonchev–Trinajstić information content (AvgIpc) is 2.61. The van der Waals surface area contributed by atoms with Gasteiger partial charge in [0.05, 0.1) is 17.1 Å². The number of nitrogens with one attached hydrogen (secondary N) is 1. The van der Waals surface area contributed by atoms with Crippen molar-refractivity contribution in [1.82, 2.24) is 0 Å². The number of para-hydroxylation sites is 3. The van der Waals surface area contributed by atoms with Crippen LogP contribution in [0.25, 0.3) is 0 Å². The molecule has 0 bridgehead atoms. The second-order valence-electron chi connectivity index (χ2n) is 5.64. The molecule has 0 radical (unpaired) electrons. The molecule has 0 fully saturated rings. The predicted octanol–water partition coefficient (Wildman–Crippen LogP) is 4.05. The minimum Gasteiger partial charge on any atom is -0.404 e. The lowest BCUT2D eigenvalue weighted by atomic mass is 10.2. The summed E-state index contributed by atoms with van der Waals surface area (Å²) in [5.41, 5.74) is 0.646. The van der Waals surface area contributed by atoms with Crippen molar-refractivity contribution in [2.75, 3.05) is 22.5 Å². The normalized spacial score (nSPS) is 13.9. The lowest BCUT2D eigenvalue weighted by molar-refractivity contribution is -0.274. The number of amides is 2. The van der Waals surface area contributed by atoms with E-state index in [9.17, 15) is 22.8 Å². The molecule has 9 heteroatoms. The third-order valence-electron chi connectivity index (χ3n) is 3.76. The van der Waals surface area contributed by atoms with Crippen LogP contribution in [0.4, 0.5) is 24.5 Å². The van der Waals surface area contributed by atoms with Gasteiger partial charge in [0.2, 0.25) is 11.8 Å². The fourth-order valence-electron chi connectivity index (χ4n) is 2.61. The van der Waals surface area contributed by atoms with Crippen molar-refractivity contribution in [3.05, 3.63) is 48.5 Å². The molecule has 2 aromatic rings. The van der Waals surface area contributed by atoms with Crippen molar-refractivity contribution < 1.29 is 27.5 Å². The van der Waals surface area contributed by atoms with E-state index in [4.69, 9.17) is 0 Å². The first-order valence-electron chi connectivity index (χ1n) is 8.00. The van der Waals surface area contributed by atoms with Crippen molar-refractivity contribution in [2.45, 2.75) is 17.7 Å². The van der Waals surface area contributed by atoms with E-state index in [0.29, 0.717) is 0 Å². The summed E-state index contributed by atoms with van der Waals surface area (Å²) >= 11 is 1.43. The van der Waals surface area contributed by atoms with Crippen LogP contribution in [0.3, 0.4) is 0 Å². The highest BCUT2D eigenvalue weighted by Gasteiger charge is 2.32. The maximum Gasteiger partial charge on any atom is 0.573 e. The SMILES string of the molecule is O=C(CCN1C(=O)CSc2ccccc21)Nc1ccccc1OC(F)(F)F. The summed E-state index contributed by atoms with van der Waals surface area (Å²) in [6, 6.07) is 12.6. The van der Waals surface area contributed by atoms with Gasteiger partial charge >= 0.3 is 6.36 Å². The molecule has 1 aliphatic heterocycles. The Labute approximate surface area is 157 Å². The molecule has 2 aromatic carbocycles. The summed E-state index contributed by atoms with van der Waals surface area (Å²) in [4.78, 5) is 26.8. The molecule has 0 atom stereocenters. The lowest BCUT2D eigenvalue weighted by Crippen LogP contribution is -2.37. The number of hydrogen-bond acceptors (Lipinski definition) is 4. The first-order chi connectivity index (χ1) is 12.8. The molecule has 142 valence electrons. The van der Waals surface area contributed by atoms with E-state index < -0.39 is 18.0 Å². The third-order valence-corrected chi connectivity index (χ3v) is 4.81. The third kappa shape index (κ3) is 4.94. The number of rotatable bonds is 5. The Balaban J connectivity index is 1.65. The van der Waals surface area contributed by atoms with Gasteiger partial charge in [0.15, 0.2) is 5.75 Å². The van der Waals surface area contributed by atoms with Gasteiger partial charge in [-0.05, 0) is 24.3 Å². The first-order valence-corrected chi connectivity index (χ1v) is 8.99. The predicted molar refractivity (Wildman–Crippen MR) is 95.9 cm³/mol. The molecule has 1 N–H and O–H groups in total. The minimum absolute atomic E-state index is 0.0644. The van der Waals surface area contributed by atoms with Gasteiger partial charge in [0.1, 0.15) is 0 Å². The number of benzene rings is 2. The number of fused-ring (bicyclic) bond motifs is 1. The van der Waals surface area contributed by atoms with Crippen LogP contribution >= 0.6 is 11.8 Å². The van der Waals surface area contributed by atoms with Gasteiger partial charge in [-0.15, -0.1) is 24.9 Å². The van der Waals surface area contributed by atoms with Crippen LogP contribution in [0.15, 0.2) is 53.4 Å². The number of hydrogen-bond donors (Lipinski definition) is 1. The highest BCUT2D eigenvalue weighted by molar-refractivity contribution is 8.00. The van der Waals surface area contributed by atoms with E-state index in [1.54, 1.807) is 12.1 Å². The van der Waals surface area contributed by atoms with Crippen molar-refractivity contribution in [3.63, 3.8) is 0 Å². The summed E-state index contributed by atoms with van der Waals surface area (Å²) in [7, 11) is 0. The Kier molecular flexibility index (Phi) is 5.59. The summed E-state index contributed by atoms with van der Waals surface area (Å²) in [5.74, 6) is -0.848. The van der Waals surface area contributed by atoms with Gasteiger partial charge < -0.3 is 15.0 Å². The average molecular weight is 396 g/mol. The first kappa shape index (κ1) is 19.1. The summed E-state index contributed by atoms with van der Waals surface area (Å²) in [6.07, 6.45) is -4.92. The topological polar surface area (TPSA) is 58.6 Å². The molecule has 0 spiro atoms. The molecular formula is C18H15F3N2O3S. The summed E-state index contributed by atoms with van der Waals surface area (Å²) < 4.78 is 41.3. The second kappa shape index (κ2) is 7.91.